The summed E-state index contributed by atoms with van der Waals surface area (Å²) >= 11 is 0. The topological polar surface area (TPSA) is 86.7 Å². The largest absolute Gasteiger partial charge is 0.481 e. The summed E-state index contributed by atoms with van der Waals surface area (Å²) in [6.07, 6.45) is 2.85. The van der Waals surface area contributed by atoms with Crippen LogP contribution in [0, 0.1) is 0 Å². The molecule has 0 radical (unpaired) electrons. The summed E-state index contributed by atoms with van der Waals surface area (Å²) in [4.78, 5) is 35.8. The van der Waals surface area contributed by atoms with Crippen LogP contribution in [0.5, 0.6) is 0 Å². The number of carboxylic acid groups (broad SMARTS) is 1. The van der Waals surface area contributed by atoms with Gasteiger partial charge in [0.25, 0.3) is 0 Å². The minimum atomic E-state index is -1.08. The van der Waals surface area contributed by atoms with Crippen molar-refractivity contribution in [1.82, 2.24) is 10.2 Å². The van der Waals surface area contributed by atoms with Gasteiger partial charge in [-0.2, -0.15) is 0 Å². The molecule has 0 saturated carbocycles. The van der Waals surface area contributed by atoms with Crippen molar-refractivity contribution in [1.29, 1.82) is 0 Å². The SMILES string of the molecule is CCC(=O)NC(CC(=O)O)C(=O)N1CCCCC1. The lowest BCUT2D eigenvalue weighted by Gasteiger charge is -2.30. The van der Waals surface area contributed by atoms with E-state index in [4.69, 9.17) is 5.11 Å². The second-order valence-electron chi connectivity index (χ2n) is 4.46. The predicted octanol–water partition coefficient (Wildman–Crippen LogP) is 0.368. The first-order valence-electron chi connectivity index (χ1n) is 6.34. The number of likely N-dealkylation sites (tertiary alicyclic amines) is 1. The van der Waals surface area contributed by atoms with E-state index in [2.05, 4.69) is 5.32 Å². The number of nitrogens with one attached hydrogen (secondary N) is 1. The number of carboxylic acids is 1. The van der Waals surface area contributed by atoms with Gasteiger partial charge >= 0.3 is 5.97 Å². The molecule has 0 aromatic heterocycles. The molecular weight excluding hydrogens is 236 g/mol. The maximum atomic E-state index is 12.1. The molecule has 1 unspecified atom stereocenters. The zero-order valence-corrected chi connectivity index (χ0v) is 10.6. The smallest absolute Gasteiger partial charge is 0.305 e. The Labute approximate surface area is 106 Å². The summed E-state index contributed by atoms with van der Waals surface area (Å²) < 4.78 is 0. The van der Waals surface area contributed by atoms with Crippen molar-refractivity contribution in [2.24, 2.45) is 0 Å². The van der Waals surface area contributed by atoms with Gasteiger partial charge in [-0.05, 0) is 19.3 Å². The van der Waals surface area contributed by atoms with Crippen LogP contribution < -0.4 is 5.32 Å². The van der Waals surface area contributed by atoms with Crippen molar-refractivity contribution in [3.8, 4) is 0 Å². The van der Waals surface area contributed by atoms with Gasteiger partial charge in [-0.15, -0.1) is 0 Å². The van der Waals surface area contributed by atoms with Gasteiger partial charge in [-0.1, -0.05) is 6.92 Å². The van der Waals surface area contributed by atoms with Crippen LogP contribution in [0.4, 0.5) is 0 Å². The average molecular weight is 256 g/mol. The highest BCUT2D eigenvalue weighted by Crippen LogP contribution is 2.11. The molecule has 0 aromatic carbocycles. The lowest BCUT2D eigenvalue weighted by atomic mass is 10.1. The molecule has 1 atom stereocenters. The molecule has 6 heteroatoms. The zero-order chi connectivity index (χ0) is 13.5. The number of piperidine rings is 1. The highest BCUT2D eigenvalue weighted by molar-refractivity contribution is 5.90. The van der Waals surface area contributed by atoms with Crippen molar-refractivity contribution in [2.75, 3.05) is 13.1 Å². The zero-order valence-electron chi connectivity index (χ0n) is 10.6. The summed E-state index contributed by atoms with van der Waals surface area (Å²) in [7, 11) is 0. The fraction of sp³-hybridized carbons (Fsp3) is 0.750. The van der Waals surface area contributed by atoms with Crippen LogP contribution in [0.25, 0.3) is 0 Å². The van der Waals surface area contributed by atoms with Gasteiger partial charge in [0.05, 0.1) is 6.42 Å². The molecule has 1 heterocycles. The number of amides is 2. The molecule has 0 aliphatic carbocycles. The first kappa shape index (κ1) is 14.5. The minimum absolute atomic E-state index is 0.239. The van der Waals surface area contributed by atoms with Gasteiger partial charge in [-0.3, -0.25) is 14.4 Å². The first-order chi connectivity index (χ1) is 8.54. The molecule has 1 aliphatic heterocycles. The summed E-state index contributed by atoms with van der Waals surface area (Å²) in [5.41, 5.74) is 0. The van der Waals surface area contributed by atoms with E-state index in [-0.39, 0.29) is 24.7 Å². The average Bonchev–Trinajstić information content (AvgIpc) is 2.37. The Morgan fingerprint density at radius 2 is 1.83 bits per heavy atom. The molecule has 1 saturated heterocycles. The van der Waals surface area contributed by atoms with Crippen LogP contribution in [-0.2, 0) is 14.4 Å². The molecule has 1 rings (SSSR count). The molecule has 6 nitrogen and oxygen atoms in total. The highest BCUT2D eigenvalue weighted by atomic mass is 16.4. The van der Waals surface area contributed by atoms with Gasteiger partial charge in [0.1, 0.15) is 6.04 Å². The number of carbonyl (C=O) groups excluding carboxylic acids is 2. The van der Waals surface area contributed by atoms with E-state index in [1.165, 1.54) is 0 Å². The Morgan fingerprint density at radius 1 is 1.22 bits per heavy atom. The van der Waals surface area contributed by atoms with Crippen molar-refractivity contribution in [3.63, 3.8) is 0 Å². The van der Waals surface area contributed by atoms with E-state index < -0.39 is 12.0 Å². The van der Waals surface area contributed by atoms with Crippen LogP contribution in [0.2, 0.25) is 0 Å². The van der Waals surface area contributed by atoms with Gasteiger partial charge in [-0.25, -0.2) is 0 Å². The van der Waals surface area contributed by atoms with Gasteiger partial charge in [0, 0.05) is 19.5 Å². The van der Waals surface area contributed by atoms with Crippen LogP contribution in [-0.4, -0.2) is 46.9 Å². The summed E-state index contributed by atoms with van der Waals surface area (Å²) in [5, 5.41) is 11.3. The third kappa shape index (κ3) is 4.35. The van der Waals surface area contributed by atoms with Crippen LogP contribution >= 0.6 is 0 Å². The van der Waals surface area contributed by atoms with Crippen LogP contribution in [0.3, 0.4) is 0 Å². The number of hydrogen-bond donors (Lipinski definition) is 2. The third-order valence-electron chi connectivity index (χ3n) is 3.00. The minimum Gasteiger partial charge on any atom is -0.481 e. The van der Waals surface area contributed by atoms with Gasteiger partial charge in [0.15, 0.2) is 0 Å². The maximum Gasteiger partial charge on any atom is 0.305 e. The Balaban J connectivity index is 2.64. The fourth-order valence-electron chi connectivity index (χ4n) is 2.01. The monoisotopic (exact) mass is 256 g/mol. The molecule has 102 valence electrons. The van der Waals surface area contributed by atoms with Crippen molar-refractivity contribution in [2.45, 2.75) is 45.1 Å². The lowest BCUT2D eigenvalue weighted by molar-refractivity contribution is -0.144. The van der Waals surface area contributed by atoms with Crippen molar-refractivity contribution < 1.29 is 19.5 Å². The molecular formula is C12H20N2O4. The number of hydrogen-bond acceptors (Lipinski definition) is 3. The quantitative estimate of drug-likeness (QED) is 0.744. The molecule has 18 heavy (non-hydrogen) atoms. The van der Waals surface area contributed by atoms with Gasteiger partial charge < -0.3 is 15.3 Å². The molecule has 1 aliphatic rings. The van der Waals surface area contributed by atoms with E-state index in [9.17, 15) is 14.4 Å². The number of rotatable bonds is 5. The van der Waals surface area contributed by atoms with E-state index in [1.807, 2.05) is 0 Å². The van der Waals surface area contributed by atoms with E-state index in [1.54, 1.807) is 11.8 Å². The molecule has 2 N–H and O–H groups in total. The number of carbonyl (C=O) groups is 3. The van der Waals surface area contributed by atoms with E-state index in [0.29, 0.717) is 13.1 Å². The predicted molar refractivity (Wildman–Crippen MR) is 64.9 cm³/mol. The lowest BCUT2D eigenvalue weighted by Crippen LogP contribution is -2.50. The molecule has 0 spiro atoms. The molecule has 2 amide bonds. The number of aliphatic carboxylic acids is 1. The van der Waals surface area contributed by atoms with E-state index >= 15 is 0 Å². The van der Waals surface area contributed by atoms with E-state index in [0.717, 1.165) is 19.3 Å². The second-order valence-corrected chi connectivity index (χ2v) is 4.46. The highest BCUT2D eigenvalue weighted by Gasteiger charge is 2.28. The normalized spacial score (nSPS) is 17.1. The molecule has 0 aromatic rings. The second kappa shape index (κ2) is 6.98. The Kier molecular flexibility index (Phi) is 5.61. The van der Waals surface area contributed by atoms with Crippen molar-refractivity contribution >= 4 is 17.8 Å². The Morgan fingerprint density at radius 3 is 2.33 bits per heavy atom. The molecule has 1 fully saturated rings. The summed E-state index contributed by atoms with van der Waals surface area (Å²) in [5.74, 6) is -1.66. The molecule has 0 bridgehead atoms. The summed E-state index contributed by atoms with van der Waals surface area (Å²) in [6, 6.07) is -0.937. The maximum absolute atomic E-state index is 12.1. The fourth-order valence-corrected chi connectivity index (χ4v) is 2.01. The summed E-state index contributed by atoms with van der Waals surface area (Å²) in [6.45, 7) is 2.96. The Bertz CT molecular complexity index is 324. The standard InChI is InChI=1S/C12H20N2O4/c1-2-10(15)13-9(8-11(16)17)12(18)14-6-4-3-5-7-14/h9H,2-8H2,1H3,(H,13,15)(H,16,17). The third-order valence-corrected chi connectivity index (χ3v) is 3.00. The first-order valence-corrected chi connectivity index (χ1v) is 6.34. The number of nitrogens with zero attached hydrogens (tertiary/aromatic N) is 1. The van der Waals surface area contributed by atoms with Crippen LogP contribution in [0.1, 0.15) is 39.0 Å². The Hall–Kier alpha value is -1.59. The van der Waals surface area contributed by atoms with Crippen LogP contribution in [0.15, 0.2) is 0 Å². The van der Waals surface area contributed by atoms with Gasteiger partial charge in [0.2, 0.25) is 11.8 Å². The van der Waals surface area contributed by atoms with Crippen molar-refractivity contribution in [3.05, 3.63) is 0 Å².